The highest BCUT2D eigenvalue weighted by Crippen LogP contribution is 2.50. The number of nitrogens with zero attached hydrogens (tertiary/aromatic N) is 1. The maximum atomic E-state index is 6.59. The van der Waals surface area contributed by atoms with Gasteiger partial charge in [0.05, 0.1) is 6.10 Å². The Bertz CT molecular complexity index is 253. The third kappa shape index (κ3) is 2.67. The lowest BCUT2D eigenvalue weighted by Gasteiger charge is -2.60. The van der Waals surface area contributed by atoms with E-state index in [2.05, 4.69) is 46.4 Å². The molecule has 0 amide bonds. The van der Waals surface area contributed by atoms with E-state index in [1.54, 1.807) is 0 Å². The predicted octanol–water partition coefficient (Wildman–Crippen LogP) is 2.25. The Morgan fingerprint density at radius 1 is 1.35 bits per heavy atom. The quantitative estimate of drug-likeness (QED) is 0.776. The third-order valence-corrected chi connectivity index (χ3v) is 4.63. The molecular weight excluding hydrogens is 212 g/mol. The van der Waals surface area contributed by atoms with E-state index < -0.39 is 0 Å². The molecule has 1 aliphatic rings. The highest BCUT2D eigenvalue weighted by Gasteiger charge is 2.58. The zero-order valence-electron chi connectivity index (χ0n) is 12.4. The molecule has 2 unspecified atom stereocenters. The molecule has 1 fully saturated rings. The van der Waals surface area contributed by atoms with Crippen LogP contribution in [0.25, 0.3) is 0 Å². The molecule has 3 heteroatoms. The smallest absolute Gasteiger partial charge is 0.0662 e. The van der Waals surface area contributed by atoms with Gasteiger partial charge in [-0.2, -0.15) is 0 Å². The van der Waals surface area contributed by atoms with E-state index in [0.717, 1.165) is 26.1 Å². The Balaban J connectivity index is 2.65. The summed E-state index contributed by atoms with van der Waals surface area (Å²) in [6, 6.07) is 0.558. The van der Waals surface area contributed by atoms with Crippen LogP contribution >= 0.6 is 0 Å². The summed E-state index contributed by atoms with van der Waals surface area (Å²) in [4.78, 5) is 2.45. The molecule has 0 saturated heterocycles. The van der Waals surface area contributed by atoms with Gasteiger partial charge in [0.25, 0.3) is 0 Å². The van der Waals surface area contributed by atoms with Gasteiger partial charge in [0.2, 0.25) is 0 Å². The van der Waals surface area contributed by atoms with Crippen LogP contribution in [0.3, 0.4) is 0 Å². The minimum absolute atomic E-state index is 0.0747. The summed E-state index contributed by atoms with van der Waals surface area (Å²) in [7, 11) is 0. The molecule has 1 rings (SSSR count). The lowest BCUT2D eigenvalue weighted by atomic mass is 9.54. The third-order valence-electron chi connectivity index (χ3n) is 4.63. The molecule has 17 heavy (non-hydrogen) atoms. The minimum atomic E-state index is -0.104. The van der Waals surface area contributed by atoms with Crippen molar-refractivity contribution in [2.75, 3.05) is 19.7 Å². The summed E-state index contributed by atoms with van der Waals surface area (Å²) in [6.07, 6.45) is 1.31. The van der Waals surface area contributed by atoms with Gasteiger partial charge < -0.3 is 10.5 Å². The van der Waals surface area contributed by atoms with Crippen molar-refractivity contribution in [3.8, 4) is 0 Å². The second-order valence-corrected chi connectivity index (χ2v) is 6.18. The maximum Gasteiger partial charge on any atom is 0.0662 e. The average Bonchev–Trinajstić information content (AvgIpc) is 2.25. The van der Waals surface area contributed by atoms with E-state index in [1.165, 1.54) is 0 Å². The molecule has 0 bridgehead atoms. The fraction of sp³-hybridized carbons (Fsp3) is 1.00. The van der Waals surface area contributed by atoms with Crippen molar-refractivity contribution in [2.24, 2.45) is 11.1 Å². The second kappa shape index (κ2) is 5.25. The number of ether oxygens (including phenoxy) is 1. The lowest BCUT2D eigenvalue weighted by Crippen LogP contribution is -2.73. The molecule has 2 N–H and O–H groups in total. The van der Waals surface area contributed by atoms with Crippen LogP contribution in [-0.2, 0) is 4.74 Å². The molecular formula is C14H30N2O. The molecule has 102 valence electrons. The van der Waals surface area contributed by atoms with Crippen molar-refractivity contribution in [2.45, 2.75) is 65.6 Å². The second-order valence-electron chi connectivity index (χ2n) is 6.18. The van der Waals surface area contributed by atoms with Crippen molar-refractivity contribution in [1.82, 2.24) is 4.90 Å². The molecule has 0 heterocycles. The first-order chi connectivity index (χ1) is 7.78. The predicted molar refractivity (Wildman–Crippen MR) is 73.1 cm³/mol. The zero-order valence-corrected chi connectivity index (χ0v) is 12.4. The maximum absolute atomic E-state index is 6.59. The molecule has 0 aliphatic heterocycles. The molecule has 0 radical (unpaired) electrons. The van der Waals surface area contributed by atoms with E-state index in [1.807, 2.05) is 0 Å². The van der Waals surface area contributed by atoms with E-state index in [-0.39, 0.29) is 11.0 Å². The normalized spacial score (nSPS) is 31.9. The van der Waals surface area contributed by atoms with Gasteiger partial charge in [-0.05, 0) is 33.7 Å². The van der Waals surface area contributed by atoms with Gasteiger partial charge in [-0.25, -0.2) is 0 Å². The molecule has 0 spiro atoms. The Kier molecular flexibility index (Phi) is 4.61. The highest BCUT2D eigenvalue weighted by atomic mass is 16.5. The van der Waals surface area contributed by atoms with Gasteiger partial charge >= 0.3 is 0 Å². The topological polar surface area (TPSA) is 38.5 Å². The van der Waals surface area contributed by atoms with Gasteiger partial charge in [0, 0.05) is 30.1 Å². The average molecular weight is 242 g/mol. The van der Waals surface area contributed by atoms with Crippen molar-refractivity contribution < 1.29 is 4.74 Å². The van der Waals surface area contributed by atoms with E-state index in [9.17, 15) is 0 Å². The monoisotopic (exact) mass is 242 g/mol. The van der Waals surface area contributed by atoms with Crippen LogP contribution in [0.5, 0.6) is 0 Å². The fourth-order valence-corrected chi connectivity index (χ4v) is 2.80. The molecule has 1 aliphatic carbocycles. The van der Waals surface area contributed by atoms with E-state index in [0.29, 0.717) is 12.1 Å². The highest BCUT2D eigenvalue weighted by molar-refractivity contribution is 5.14. The molecule has 1 saturated carbocycles. The van der Waals surface area contributed by atoms with Crippen LogP contribution in [-0.4, -0.2) is 42.3 Å². The SMILES string of the molecule is CCOC1CC(N)(CN(CC)C(C)C)C1(C)C. The van der Waals surface area contributed by atoms with Crippen molar-refractivity contribution >= 4 is 0 Å². The Morgan fingerprint density at radius 2 is 1.94 bits per heavy atom. The van der Waals surface area contributed by atoms with Gasteiger partial charge in [-0.1, -0.05) is 20.8 Å². The van der Waals surface area contributed by atoms with Crippen LogP contribution in [0.15, 0.2) is 0 Å². The molecule has 0 aromatic carbocycles. The van der Waals surface area contributed by atoms with Crippen LogP contribution in [0.2, 0.25) is 0 Å². The summed E-state index contributed by atoms with van der Waals surface area (Å²) in [5, 5.41) is 0. The van der Waals surface area contributed by atoms with E-state index in [4.69, 9.17) is 10.5 Å². The van der Waals surface area contributed by atoms with Crippen LogP contribution < -0.4 is 5.73 Å². The summed E-state index contributed by atoms with van der Waals surface area (Å²) in [5.41, 5.74) is 6.56. The minimum Gasteiger partial charge on any atom is -0.378 e. The molecule has 2 atom stereocenters. The standard InChI is InChI=1S/C14H30N2O/c1-7-16(11(3)4)10-14(15)9-12(17-8-2)13(14,5)6/h11-12H,7-10,15H2,1-6H3. The van der Waals surface area contributed by atoms with Crippen molar-refractivity contribution in [3.05, 3.63) is 0 Å². The fourth-order valence-electron chi connectivity index (χ4n) is 2.80. The van der Waals surface area contributed by atoms with E-state index >= 15 is 0 Å². The number of hydrogen-bond donors (Lipinski definition) is 1. The number of rotatable bonds is 6. The van der Waals surface area contributed by atoms with Gasteiger partial charge in [0.1, 0.15) is 0 Å². The van der Waals surface area contributed by atoms with Gasteiger partial charge in [-0.15, -0.1) is 0 Å². The molecule has 0 aromatic rings. The summed E-state index contributed by atoms with van der Waals surface area (Å²) in [5.74, 6) is 0. The van der Waals surface area contributed by atoms with Gasteiger partial charge in [-0.3, -0.25) is 4.90 Å². The number of hydrogen-bond acceptors (Lipinski definition) is 3. The number of nitrogens with two attached hydrogens (primary N) is 1. The summed E-state index contributed by atoms with van der Waals surface area (Å²) < 4.78 is 5.77. The lowest BCUT2D eigenvalue weighted by molar-refractivity contribution is -0.157. The first kappa shape index (κ1) is 14.9. The van der Waals surface area contributed by atoms with Crippen LogP contribution in [0.4, 0.5) is 0 Å². The Hall–Kier alpha value is -0.120. The van der Waals surface area contributed by atoms with Crippen LogP contribution in [0.1, 0.15) is 48.0 Å². The molecule has 0 aromatic heterocycles. The largest absolute Gasteiger partial charge is 0.378 e. The Morgan fingerprint density at radius 3 is 2.29 bits per heavy atom. The summed E-state index contributed by atoms with van der Waals surface area (Å²) >= 11 is 0. The van der Waals surface area contributed by atoms with Crippen molar-refractivity contribution in [3.63, 3.8) is 0 Å². The number of likely N-dealkylation sites (N-methyl/N-ethyl adjacent to an activating group) is 1. The first-order valence-electron chi connectivity index (χ1n) is 6.93. The summed E-state index contributed by atoms with van der Waals surface area (Å²) in [6.45, 7) is 16.0. The van der Waals surface area contributed by atoms with Crippen LogP contribution in [0, 0.1) is 5.41 Å². The zero-order chi connectivity index (χ0) is 13.3. The van der Waals surface area contributed by atoms with Gasteiger partial charge in [0.15, 0.2) is 0 Å². The van der Waals surface area contributed by atoms with Crippen molar-refractivity contribution in [1.29, 1.82) is 0 Å². The Labute approximate surface area is 107 Å². The molecule has 3 nitrogen and oxygen atoms in total. The first-order valence-corrected chi connectivity index (χ1v) is 6.93.